The third kappa shape index (κ3) is 3.50. The van der Waals surface area contributed by atoms with Gasteiger partial charge in [0.25, 0.3) is 0 Å². The Balaban J connectivity index is 2.04. The van der Waals surface area contributed by atoms with Crippen molar-refractivity contribution in [3.8, 4) is 0 Å². The van der Waals surface area contributed by atoms with Gasteiger partial charge in [0.1, 0.15) is 5.82 Å². The van der Waals surface area contributed by atoms with E-state index in [9.17, 15) is 4.39 Å². The Kier molecular flexibility index (Phi) is 4.54. The van der Waals surface area contributed by atoms with Crippen LogP contribution in [0, 0.1) is 5.82 Å². The Morgan fingerprint density at radius 3 is 3.00 bits per heavy atom. The van der Waals surface area contributed by atoms with Crippen molar-refractivity contribution < 1.29 is 4.39 Å². The summed E-state index contributed by atoms with van der Waals surface area (Å²) < 4.78 is 14.1. The van der Waals surface area contributed by atoms with Crippen LogP contribution in [0.1, 0.15) is 18.4 Å². The molecule has 1 aromatic carbocycles. The molecule has 94 valence electrons. The van der Waals surface area contributed by atoms with Crippen molar-refractivity contribution in [2.24, 2.45) is 0 Å². The number of nitrogens with zero attached hydrogens (tertiary/aromatic N) is 1. The van der Waals surface area contributed by atoms with Crippen LogP contribution in [-0.2, 0) is 6.54 Å². The summed E-state index contributed by atoms with van der Waals surface area (Å²) in [6, 6.07) is 5.71. The molecule has 4 heteroatoms. The minimum Gasteiger partial charge on any atom is -0.318 e. The third-order valence-electron chi connectivity index (χ3n) is 3.25. The van der Waals surface area contributed by atoms with Crippen LogP contribution in [-0.4, -0.2) is 31.1 Å². The smallest absolute Gasteiger partial charge is 0.124 e. The van der Waals surface area contributed by atoms with Gasteiger partial charge in [-0.3, -0.25) is 4.90 Å². The van der Waals surface area contributed by atoms with Gasteiger partial charge in [-0.25, -0.2) is 4.39 Å². The molecule has 1 unspecified atom stereocenters. The zero-order chi connectivity index (χ0) is 12.3. The van der Waals surface area contributed by atoms with Gasteiger partial charge in [0, 0.05) is 23.6 Å². The molecule has 1 heterocycles. The summed E-state index contributed by atoms with van der Waals surface area (Å²) in [5.41, 5.74) is 1.04. The van der Waals surface area contributed by atoms with E-state index in [0.717, 1.165) is 29.7 Å². The average Bonchev–Trinajstić information content (AvgIpc) is 2.65. The molecule has 2 nitrogen and oxygen atoms in total. The number of benzene rings is 1. The number of hydrogen-bond donors (Lipinski definition) is 1. The maximum atomic E-state index is 13.3. The summed E-state index contributed by atoms with van der Waals surface area (Å²) >= 11 is 3.34. The number of hydrogen-bond acceptors (Lipinski definition) is 2. The van der Waals surface area contributed by atoms with Crippen molar-refractivity contribution >= 4 is 15.9 Å². The van der Waals surface area contributed by atoms with Crippen LogP contribution in [0.15, 0.2) is 22.7 Å². The first-order valence-corrected chi connectivity index (χ1v) is 6.82. The second-order valence-corrected chi connectivity index (χ2v) is 5.52. The van der Waals surface area contributed by atoms with Crippen molar-refractivity contribution in [3.05, 3.63) is 34.1 Å². The molecule has 0 aromatic heterocycles. The first-order valence-electron chi connectivity index (χ1n) is 6.02. The van der Waals surface area contributed by atoms with Gasteiger partial charge in [-0.2, -0.15) is 0 Å². The molecule has 1 aliphatic rings. The fraction of sp³-hybridized carbons (Fsp3) is 0.538. The van der Waals surface area contributed by atoms with Gasteiger partial charge >= 0.3 is 0 Å². The number of rotatable bonds is 4. The lowest BCUT2D eigenvalue weighted by Gasteiger charge is -2.24. The third-order valence-corrected chi connectivity index (χ3v) is 3.70. The molecule has 0 amide bonds. The highest BCUT2D eigenvalue weighted by atomic mass is 79.9. The van der Waals surface area contributed by atoms with Crippen LogP contribution in [0.5, 0.6) is 0 Å². The Labute approximate surface area is 110 Å². The summed E-state index contributed by atoms with van der Waals surface area (Å²) in [5.74, 6) is -0.168. The summed E-state index contributed by atoms with van der Waals surface area (Å²) in [7, 11) is 1.98. The fourth-order valence-electron chi connectivity index (χ4n) is 2.51. The highest BCUT2D eigenvalue weighted by Crippen LogP contribution is 2.22. The molecule has 1 atom stereocenters. The lowest BCUT2D eigenvalue weighted by molar-refractivity contribution is 0.242. The Bertz CT molecular complexity index is 363. The minimum absolute atomic E-state index is 0.168. The molecule has 1 N–H and O–H groups in total. The first-order chi connectivity index (χ1) is 8.19. The van der Waals surface area contributed by atoms with Gasteiger partial charge in [0.15, 0.2) is 0 Å². The summed E-state index contributed by atoms with van der Waals surface area (Å²) in [5, 5.41) is 3.22. The molecule has 0 bridgehead atoms. The van der Waals surface area contributed by atoms with Crippen LogP contribution in [0.25, 0.3) is 0 Å². The lowest BCUT2D eigenvalue weighted by atomic mass is 10.2. The maximum Gasteiger partial charge on any atom is 0.124 e. The maximum absolute atomic E-state index is 13.3. The van der Waals surface area contributed by atoms with E-state index in [4.69, 9.17) is 0 Å². The van der Waals surface area contributed by atoms with Gasteiger partial charge in [0.05, 0.1) is 0 Å². The zero-order valence-corrected chi connectivity index (χ0v) is 11.6. The van der Waals surface area contributed by atoms with E-state index in [1.54, 1.807) is 6.07 Å². The predicted octanol–water partition coefficient (Wildman–Crippen LogP) is 2.77. The van der Waals surface area contributed by atoms with Crippen LogP contribution in [0.2, 0.25) is 0 Å². The second kappa shape index (κ2) is 5.94. The zero-order valence-electron chi connectivity index (χ0n) is 10.0. The Morgan fingerprint density at radius 2 is 2.29 bits per heavy atom. The van der Waals surface area contributed by atoms with Crippen LogP contribution < -0.4 is 5.32 Å². The molecule has 0 saturated carbocycles. The van der Waals surface area contributed by atoms with Crippen molar-refractivity contribution in [2.45, 2.75) is 25.4 Å². The molecule has 0 radical (unpaired) electrons. The fourth-order valence-corrected chi connectivity index (χ4v) is 3.02. The van der Waals surface area contributed by atoms with Crippen molar-refractivity contribution in [2.75, 3.05) is 20.1 Å². The predicted molar refractivity (Wildman–Crippen MR) is 71.5 cm³/mol. The molecule has 1 aromatic rings. The molecule has 17 heavy (non-hydrogen) atoms. The van der Waals surface area contributed by atoms with Gasteiger partial charge < -0.3 is 5.32 Å². The number of nitrogens with one attached hydrogen (secondary N) is 1. The van der Waals surface area contributed by atoms with Crippen molar-refractivity contribution in [3.63, 3.8) is 0 Å². The summed E-state index contributed by atoms with van der Waals surface area (Å²) in [6.45, 7) is 2.96. The molecule has 1 aliphatic heterocycles. The van der Waals surface area contributed by atoms with Gasteiger partial charge in [-0.05, 0) is 50.2 Å². The van der Waals surface area contributed by atoms with E-state index in [1.165, 1.54) is 18.9 Å². The number of likely N-dealkylation sites (tertiary alicyclic amines) is 1. The van der Waals surface area contributed by atoms with E-state index in [0.29, 0.717) is 6.04 Å². The highest BCUT2D eigenvalue weighted by Gasteiger charge is 2.23. The van der Waals surface area contributed by atoms with Crippen LogP contribution in [0.3, 0.4) is 0 Å². The van der Waals surface area contributed by atoms with E-state index < -0.39 is 0 Å². The van der Waals surface area contributed by atoms with Crippen molar-refractivity contribution in [1.82, 2.24) is 10.2 Å². The van der Waals surface area contributed by atoms with E-state index in [-0.39, 0.29) is 5.82 Å². The van der Waals surface area contributed by atoms with E-state index >= 15 is 0 Å². The lowest BCUT2D eigenvalue weighted by Crippen LogP contribution is -2.36. The average molecular weight is 301 g/mol. The minimum atomic E-state index is -0.168. The van der Waals surface area contributed by atoms with Crippen LogP contribution in [0.4, 0.5) is 4.39 Å². The van der Waals surface area contributed by atoms with Gasteiger partial charge in [-0.1, -0.05) is 15.9 Å². The molecule has 0 spiro atoms. The van der Waals surface area contributed by atoms with Gasteiger partial charge in [-0.15, -0.1) is 0 Å². The van der Waals surface area contributed by atoms with Crippen LogP contribution >= 0.6 is 15.9 Å². The molecule has 1 fully saturated rings. The molecular formula is C13H18BrFN2. The molecule has 0 aliphatic carbocycles. The second-order valence-electron chi connectivity index (χ2n) is 4.60. The summed E-state index contributed by atoms with van der Waals surface area (Å²) in [6.07, 6.45) is 2.47. The standard InChI is InChI=1S/C13H18BrFN2/c1-16-8-13-3-2-4-17(13)9-10-5-11(14)7-12(15)6-10/h5-7,13,16H,2-4,8-9H2,1H3. The monoisotopic (exact) mass is 300 g/mol. The van der Waals surface area contributed by atoms with E-state index in [2.05, 4.69) is 26.1 Å². The quantitative estimate of drug-likeness (QED) is 0.920. The van der Waals surface area contributed by atoms with Crippen molar-refractivity contribution in [1.29, 1.82) is 0 Å². The molecular weight excluding hydrogens is 283 g/mol. The SMILES string of the molecule is CNCC1CCCN1Cc1cc(F)cc(Br)c1. The van der Waals surface area contributed by atoms with Gasteiger partial charge in [0.2, 0.25) is 0 Å². The highest BCUT2D eigenvalue weighted by molar-refractivity contribution is 9.10. The molecule has 1 saturated heterocycles. The normalized spacial score (nSPS) is 21.0. The largest absolute Gasteiger partial charge is 0.318 e. The number of likely N-dealkylation sites (N-methyl/N-ethyl adjacent to an activating group) is 1. The number of halogens is 2. The summed E-state index contributed by atoms with van der Waals surface area (Å²) in [4.78, 5) is 2.43. The first kappa shape index (κ1) is 13.0. The Morgan fingerprint density at radius 1 is 1.47 bits per heavy atom. The van der Waals surface area contributed by atoms with E-state index in [1.807, 2.05) is 13.1 Å². The Hall–Kier alpha value is -0.450. The topological polar surface area (TPSA) is 15.3 Å². The molecule has 2 rings (SSSR count).